The summed E-state index contributed by atoms with van der Waals surface area (Å²) in [5, 5.41) is 0. The van der Waals surface area contributed by atoms with Crippen molar-refractivity contribution in [1.29, 1.82) is 0 Å². The van der Waals surface area contributed by atoms with Crippen LogP contribution >= 0.6 is 0 Å². The summed E-state index contributed by atoms with van der Waals surface area (Å²) >= 11 is 0. The van der Waals surface area contributed by atoms with Gasteiger partial charge in [0.1, 0.15) is 11.6 Å². The van der Waals surface area contributed by atoms with E-state index in [1.165, 1.54) is 12.1 Å². The molecular formula is C14H14FNO2. The van der Waals surface area contributed by atoms with Crippen molar-refractivity contribution in [1.82, 2.24) is 4.90 Å². The largest absolute Gasteiger partial charge is 0.337 e. The molecule has 0 radical (unpaired) electrons. The first-order valence-corrected chi connectivity index (χ1v) is 6.15. The second-order valence-electron chi connectivity index (χ2n) is 5.26. The van der Waals surface area contributed by atoms with Gasteiger partial charge in [-0.25, -0.2) is 4.39 Å². The van der Waals surface area contributed by atoms with Crippen LogP contribution in [0.3, 0.4) is 0 Å². The number of Topliss-reactive ketones (excluding diaryl/α,β-unsaturated/α-hetero) is 1. The zero-order valence-corrected chi connectivity index (χ0v) is 9.99. The van der Waals surface area contributed by atoms with E-state index < -0.39 is 0 Å². The average molecular weight is 247 g/mol. The molecule has 18 heavy (non-hydrogen) atoms. The number of amides is 1. The predicted molar refractivity (Wildman–Crippen MR) is 63.1 cm³/mol. The minimum atomic E-state index is -0.280. The summed E-state index contributed by atoms with van der Waals surface area (Å²) in [6, 6.07) is 6.14. The molecule has 0 N–H and O–H groups in total. The second kappa shape index (κ2) is 3.90. The number of piperidine rings is 1. The van der Waals surface area contributed by atoms with Gasteiger partial charge in [-0.05, 0) is 30.5 Å². The fourth-order valence-corrected chi connectivity index (χ4v) is 2.52. The Kier molecular flexibility index (Phi) is 2.47. The number of hydrogen-bond donors (Lipinski definition) is 0. The molecule has 3 nitrogen and oxygen atoms in total. The maximum absolute atomic E-state index is 12.8. The predicted octanol–water partition coefficient (Wildman–Crippen LogP) is 1.91. The second-order valence-corrected chi connectivity index (χ2v) is 5.26. The Morgan fingerprint density at radius 3 is 2.44 bits per heavy atom. The van der Waals surface area contributed by atoms with E-state index in [9.17, 15) is 14.0 Å². The van der Waals surface area contributed by atoms with Gasteiger partial charge in [-0.2, -0.15) is 0 Å². The van der Waals surface area contributed by atoms with E-state index >= 15 is 0 Å². The van der Waals surface area contributed by atoms with Crippen LogP contribution in [-0.2, 0) is 16.1 Å². The Hall–Kier alpha value is -1.71. The third kappa shape index (κ3) is 1.92. The van der Waals surface area contributed by atoms with Crippen LogP contribution < -0.4 is 0 Å². The smallest absolute Gasteiger partial charge is 0.230 e. The molecule has 4 heteroatoms. The van der Waals surface area contributed by atoms with Gasteiger partial charge in [0.25, 0.3) is 0 Å². The summed E-state index contributed by atoms with van der Waals surface area (Å²) in [7, 11) is 0. The lowest BCUT2D eigenvalue weighted by Crippen LogP contribution is -2.45. The lowest BCUT2D eigenvalue weighted by Gasteiger charge is -2.31. The molecule has 2 aliphatic rings. The number of nitrogens with zero attached hydrogens (tertiary/aromatic N) is 1. The van der Waals surface area contributed by atoms with E-state index in [-0.39, 0.29) is 29.3 Å². The monoisotopic (exact) mass is 247 g/mol. The fraction of sp³-hybridized carbons (Fsp3) is 0.429. The Bertz CT molecular complexity index is 505. The summed E-state index contributed by atoms with van der Waals surface area (Å²) < 4.78 is 12.8. The lowest BCUT2D eigenvalue weighted by molar-refractivity contribution is -0.144. The summed E-state index contributed by atoms with van der Waals surface area (Å²) in [4.78, 5) is 25.3. The van der Waals surface area contributed by atoms with Gasteiger partial charge in [0, 0.05) is 18.5 Å². The van der Waals surface area contributed by atoms with Gasteiger partial charge in [-0.3, -0.25) is 9.59 Å². The van der Waals surface area contributed by atoms with E-state index in [4.69, 9.17) is 0 Å². The van der Waals surface area contributed by atoms with Gasteiger partial charge in [0.2, 0.25) is 5.91 Å². The van der Waals surface area contributed by atoms with Crippen LogP contribution in [0.15, 0.2) is 24.3 Å². The van der Waals surface area contributed by atoms with Crippen LogP contribution in [0.2, 0.25) is 0 Å². The molecule has 1 amide bonds. The standard InChI is InChI=1S/C14H14FNO2/c15-11-3-1-10(2-4-11)8-16-9-14(5-6-14)12(17)7-13(16)18/h1-4H,5-9H2. The molecule has 1 aromatic carbocycles. The molecular weight excluding hydrogens is 233 g/mol. The highest BCUT2D eigenvalue weighted by Gasteiger charge is 2.54. The van der Waals surface area contributed by atoms with Crippen LogP contribution in [0.4, 0.5) is 4.39 Å². The SMILES string of the molecule is O=C1CC(=O)C2(CC2)CN1Cc1ccc(F)cc1. The molecule has 0 aromatic heterocycles. The molecule has 3 rings (SSSR count). The summed E-state index contributed by atoms with van der Waals surface area (Å²) in [6.45, 7) is 0.996. The van der Waals surface area contributed by atoms with Crippen molar-refractivity contribution in [3.63, 3.8) is 0 Å². The number of carbonyl (C=O) groups excluding carboxylic acids is 2. The number of halogens is 1. The quantitative estimate of drug-likeness (QED) is 0.749. The molecule has 1 aromatic rings. The Morgan fingerprint density at radius 1 is 1.17 bits per heavy atom. The Balaban J connectivity index is 1.74. The molecule has 0 bridgehead atoms. The van der Waals surface area contributed by atoms with Gasteiger partial charge in [0.05, 0.1) is 6.42 Å². The highest BCUT2D eigenvalue weighted by atomic mass is 19.1. The van der Waals surface area contributed by atoms with Crippen LogP contribution in [0.25, 0.3) is 0 Å². The van der Waals surface area contributed by atoms with Crippen molar-refractivity contribution >= 4 is 11.7 Å². The van der Waals surface area contributed by atoms with Crippen molar-refractivity contribution in [3.05, 3.63) is 35.6 Å². The molecule has 2 fully saturated rings. The van der Waals surface area contributed by atoms with E-state index in [2.05, 4.69) is 0 Å². The van der Waals surface area contributed by atoms with E-state index in [1.807, 2.05) is 0 Å². The van der Waals surface area contributed by atoms with Gasteiger partial charge < -0.3 is 4.90 Å². The molecule has 1 aliphatic carbocycles. The number of carbonyl (C=O) groups is 2. The molecule has 1 saturated carbocycles. The van der Waals surface area contributed by atoms with E-state index in [0.717, 1.165) is 18.4 Å². The number of benzene rings is 1. The normalized spacial score (nSPS) is 21.5. The van der Waals surface area contributed by atoms with Crippen LogP contribution in [-0.4, -0.2) is 23.1 Å². The van der Waals surface area contributed by atoms with Crippen LogP contribution in [0.5, 0.6) is 0 Å². The third-order valence-corrected chi connectivity index (χ3v) is 3.89. The number of hydrogen-bond acceptors (Lipinski definition) is 2. The van der Waals surface area contributed by atoms with Crippen molar-refractivity contribution in [2.45, 2.75) is 25.8 Å². The average Bonchev–Trinajstić information content (AvgIpc) is 3.10. The first-order chi connectivity index (χ1) is 8.59. The highest BCUT2D eigenvalue weighted by molar-refractivity contribution is 6.04. The summed E-state index contributed by atoms with van der Waals surface area (Å²) in [5.74, 6) is -0.290. The topological polar surface area (TPSA) is 37.4 Å². The van der Waals surface area contributed by atoms with Crippen molar-refractivity contribution in [2.75, 3.05) is 6.54 Å². The fourth-order valence-electron chi connectivity index (χ4n) is 2.52. The van der Waals surface area contributed by atoms with Crippen LogP contribution in [0.1, 0.15) is 24.8 Å². The van der Waals surface area contributed by atoms with E-state index in [1.54, 1.807) is 17.0 Å². The molecule has 1 saturated heterocycles. The molecule has 0 unspecified atom stereocenters. The lowest BCUT2D eigenvalue weighted by atomic mass is 9.92. The summed E-state index contributed by atoms with van der Waals surface area (Å²) in [6.07, 6.45) is 1.83. The maximum atomic E-state index is 12.8. The molecule has 1 spiro atoms. The van der Waals surface area contributed by atoms with Crippen molar-refractivity contribution < 1.29 is 14.0 Å². The van der Waals surface area contributed by atoms with Crippen LogP contribution in [0, 0.1) is 11.2 Å². The Labute approximate surface area is 105 Å². The maximum Gasteiger partial charge on any atom is 0.230 e. The summed E-state index contributed by atoms with van der Waals surface area (Å²) in [5.41, 5.74) is 0.656. The van der Waals surface area contributed by atoms with Gasteiger partial charge in [-0.1, -0.05) is 12.1 Å². The van der Waals surface area contributed by atoms with Gasteiger partial charge >= 0.3 is 0 Å². The molecule has 0 atom stereocenters. The van der Waals surface area contributed by atoms with Gasteiger partial charge in [-0.15, -0.1) is 0 Å². The minimum absolute atomic E-state index is 0.0290. The Morgan fingerprint density at radius 2 is 1.83 bits per heavy atom. The highest BCUT2D eigenvalue weighted by Crippen LogP contribution is 2.50. The number of rotatable bonds is 2. The number of likely N-dealkylation sites (tertiary alicyclic amines) is 1. The zero-order valence-electron chi connectivity index (χ0n) is 9.99. The minimum Gasteiger partial charge on any atom is -0.337 e. The van der Waals surface area contributed by atoms with E-state index in [0.29, 0.717) is 13.1 Å². The number of ketones is 1. The molecule has 1 aliphatic heterocycles. The van der Waals surface area contributed by atoms with Crippen molar-refractivity contribution in [2.24, 2.45) is 5.41 Å². The zero-order chi connectivity index (χ0) is 12.8. The molecule has 1 heterocycles. The first kappa shape index (κ1) is 11.4. The molecule has 94 valence electrons. The first-order valence-electron chi connectivity index (χ1n) is 6.15. The van der Waals surface area contributed by atoms with Crippen molar-refractivity contribution in [3.8, 4) is 0 Å². The van der Waals surface area contributed by atoms with Gasteiger partial charge in [0.15, 0.2) is 0 Å². The third-order valence-electron chi connectivity index (χ3n) is 3.89.